The van der Waals surface area contributed by atoms with Crippen molar-refractivity contribution in [3.63, 3.8) is 0 Å². The maximum absolute atomic E-state index is 6.60. The number of fused-ring (bicyclic) bond motifs is 2. The molecule has 3 heteroatoms. The fourth-order valence-electron chi connectivity index (χ4n) is 3.47. The largest absolute Gasteiger partial charge is 0.322 e. The first-order valence-corrected chi connectivity index (χ1v) is 8.22. The molecule has 0 fully saturated rings. The number of rotatable bonds is 3. The van der Waals surface area contributed by atoms with Crippen LogP contribution in [0.2, 0.25) is 0 Å². The number of nitrogens with two attached hydrogens (primary N) is 2. The molecule has 0 saturated carbocycles. The Bertz CT molecular complexity index is 919. The van der Waals surface area contributed by atoms with Crippen LogP contribution in [0.4, 0.5) is 0 Å². The van der Waals surface area contributed by atoms with Gasteiger partial charge in [-0.2, -0.15) is 0 Å². The summed E-state index contributed by atoms with van der Waals surface area (Å²) < 4.78 is 0. The Morgan fingerprint density at radius 1 is 0.480 bits per heavy atom. The van der Waals surface area contributed by atoms with Gasteiger partial charge in [0.05, 0.1) is 0 Å². The van der Waals surface area contributed by atoms with Crippen LogP contribution in [-0.4, -0.2) is 0 Å². The second-order valence-corrected chi connectivity index (χ2v) is 6.19. The molecule has 126 valence electrons. The first-order chi connectivity index (χ1) is 11.8. The Hall–Kier alpha value is -2.39. The van der Waals surface area contributed by atoms with E-state index in [1.54, 1.807) is 0 Å². The summed E-state index contributed by atoms with van der Waals surface area (Å²) in [5.74, 6) is 0. The van der Waals surface area contributed by atoms with Crippen molar-refractivity contribution < 1.29 is 0 Å². The summed E-state index contributed by atoms with van der Waals surface area (Å²) >= 11 is 0. The molecule has 25 heavy (non-hydrogen) atoms. The van der Waals surface area contributed by atoms with Gasteiger partial charge in [0.1, 0.15) is 0 Å². The third kappa shape index (κ3) is 3.12. The Balaban J connectivity index is 0.00000182. The van der Waals surface area contributed by atoms with Crippen molar-refractivity contribution in [2.45, 2.75) is 12.1 Å². The molecule has 0 aliphatic carbocycles. The summed E-state index contributed by atoms with van der Waals surface area (Å²) in [7, 11) is 0. The summed E-state index contributed by atoms with van der Waals surface area (Å²) in [6, 6.07) is 28.6. The Morgan fingerprint density at radius 2 is 0.840 bits per heavy atom. The maximum atomic E-state index is 6.60. The Labute approximate surface area is 153 Å². The van der Waals surface area contributed by atoms with Crippen molar-refractivity contribution in [3.8, 4) is 0 Å². The summed E-state index contributed by atoms with van der Waals surface area (Å²) in [6.07, 6.45) is 0. The van der Waals surface area contributed by atoms with Gasteiger partial charge >= 0.3 is 0 Å². The van der Waals surface area contributed by atoms with Gasteiger partial charge in [0.25, 0.3) is 0 Å². The van der Waals surface area contributed by atoms with E-state index >= 15 is 0 Å². The van der Waals surface area contributed by atoms with E-state index in [0.717, 1.165) is 11.1 Å². The van der Waals surface area contributed by atoms with Crippen LogP contribution in [0.1, 0.15) is 23.2 Å². The van der Waals surface area contributed by atoms with Crippen LogP contribution in [-0.2, 0) is 0 Å². The van der Waals surface area contributed by atoms with E-state index in [4.69, 9.17) is 11.5 Å². The van der Waals surface area contributed by atoms with E-state index < -0.39 is 0 Å². The lowest BCUT2D eigenvalue weighted by molar-refractivity contribution is 0.581. The fraction of sp³-hybridized carbons (Fsp3) is 0.0909. The average molecular weight is 349 g/mol. The van der Waals surface area contributed by atoms with Crippen LogP contribution in [0.3, 0.4) is 0 Å². The Morgan fingerprint density at radius 3 is 1.28 bits per heavy atom. The summed E-state index contributed by atoms with van der Waals surface area (Å²) in [4.78, 5) is 0. The molecule has 0 amide bonds. The van der Waals surface area contributed by atoms with Crippen molar-refractivity contribution in [3.05, 3.63) is 96.1 Å². The van der Waals surface area contributed by atoms with Crippen LogP contribution in [0.5, 0.6) is 0 Å². The van der Waals surface area contributed by atoms with Gasteiger partial charge in [-0.05, 0) is 32.7 Å². The molecule has 4 rings (SSSR count). The predicted octanol–water partition coefficient (Wildman–Crippen LogP) is 5.11. The van der Waals surface area contributed by atoms with Gasteiger partial charge in [0, 0.05) is 12.1 Å². The molecule has 4 N–H and O–H groups in total. The average Bonchev–Trinajstić information content (AvgIpc) is 2.66. The normalized spacial score (nSPS) is 13.4. The molecule has 0 radical (unpaired) electrons. The van der Waals surface area contributed by atoms with Crippen LogP contribution < -0.4 is 11.5 Å². The monoisotopic (exact) mass is 348 g/mol. The lowest BCUT2D eigenvalue weighted by atomic mass is 9.89. The van der Waals surface area contributed by atoms with Crippen molar-refractivity contribution >= 4 is 34.0 Å². The standard InChI is InChI=1S/C22H20N2.ClH/c23-21(19-13-5-9-15-7-1-3-11-17(15)19)22(24)20-14-6-10-16-8-2-4-12-18(16)20;/h1-14,21-22H,23-24H2;1H/t21-,22-;/m0./s1. The predicted molar refractivity (Wildman–Crippen MR) is 109 cm³/mol. The van der Waals surface area contributed by atoms with Crippen LogP contribution >= 0.6 is 12.4 Å². The first-order valence-electron chi connectivity index (χ1n) is 8.22. The second-order valence-electron chi connectivity index (χ2n) is 6.19. The highest BCUT2D eigenvalue weighted by molar-refractivity contribution is 5.88. The van der Waals surface area contributed by atoms with Crippen molar-refractivity contribution in [1.82, 2.24) is 0 Å². The maximum Gasteiger partial charge on any atom is 0.0497 e. The van der Waals surface area contributed by atoms with Gasteiger partial charge in [-0.3, -0.25) is 0 Å². The third-order valence-corrected chi connectivity index (χ3v) is 4.75. The summed E-state index contributed by atoms with van der Waals surface area (Å²) in [5, 5.41) is 4.72. The molecule has 2 atom stereocenters. The number of halogens is 1. The van der Waals surface area contributed by atoms with Gasteiger partial charge in [0.15, 0.2) is 0 Å². The summed E-state index contributed by atoms with van der Waals surface area (Å²) in [6.45, 7) is 0. The zero-order valence-electron chi connectivity index (χ0n) is 13.8. The van der Waals surface area contributed by atoms with Gasteiger partial charge in [-0.15, -0.1) is 12.4 Å². The molecule has 2 nitrogen and oxygen atoms in total. The molecular formula is C22H21ClN2. The zero-order chi connectivity index (χ0) is 16.5. The van der Waals surface area contributed by atoms with Gasteiger partial charge in [-0.25, -0.2) is 0 Å². The molecule has 0 bridgehead atoms. The smallest absolute Gasteiger partial charge is 0.0497 e. The van der Waals surface area contributed by atoms with E-state index in [1.165, 1.54) is 21.5 Å². The lowest BCUT2D eigenvalue weighted by Gasteiger charge is -2.23. The molecular weight excluding hydrogens is 328 g/mol. The SMILES string of the molecule is Cl.N[C@@H](c1cccc2ccccc12)[C@@H](N)c1cccc2ccccc12. The third-order valence-electron chi connectivity index (χ3n) is 4.75. The van der Waals surface area contributed by atoms with Gasteiger partial charge in [0.2, 0.25) is 0 Å². The van der Waals surface area contributed by atoms with Crippen molar-refractivity contribution in [2.75, 3.05) is 0 Å². The minimum absolute atomic E-state index is 0. The molecule has 0 aliphatic rings. The highest BCUT2D eigenvalue weighted by Gasteiger charge is 2.20. The molecule has 0 saturated heterocycles. The van der Waals surface area contributed by atoms with E-state index in [9.17, 15) is 0 Å². The summed E-state index contributed by atoms with van der Waals surface area (Å²) in [5.41, 5.74) is 15.4. The molecule has 4 aromatic carbocycles. The highest BCUT2D eigenvalue weighted by Crippen LogP contribution is 2.33. The number of benzene rings is 4. The number of hydrogen-bond acceptors (Lipinski definition) is 2. The Kier molecular flexibility index (Phi) is 5.05. The van der Waals surface area contributed by atoms with Crippen LogP contribution in [0.15, 0.2) is 84.9 Å². The molecule has 0 aliphatic heterocycles. The quantitative estimate of drug-likeness (QED) is 0.540. The minimum Gasteiger partial charge on any atom is -0.322 e. The van der Waals surface area contributed by atoms with E-state index in [1.807, 2.05) is 36.4 Å². The van der Waals surface area contributed by atoms with E-state index in [2.05, 4.69) is 48.5 Å². The van der Waals surface area contributed by atoms with Crippen molar-refractivity contribution in [2.24, 2.45) is 11.5 Å². The zero-order valence-corrected chi connectivity index (χ0v) is 14.6. The first kappa shape index (κ1) is 17.4. The number of hydrogen-bond donors (Lipinski definition) is 2. The molecule has 0 aromatic heterocycles. The lowest BCUT2D eigenvalue weighted by Crippen LogP contribution is -2.26. The van der Waals surface area contributed by atoms with E-state index in [-0.39, 0.29) is 24.5 Å². The highest BCUT2D eigenvalue weighted by atomic mass is 35.5. The molecule has 0 spiro atoms. The molecule has 4 aromatic rings. The molecule has 0 heterocycles. The second kappa shape index (κ2) is 7.24. The minimum atomic E-state index is -0.262. The fourth-order valence-corrected chi connectivity index (χ4v) is 3.47. The molecule has 0 unspecified atom stereocenters. The van der Waals surface area contributed by atoms with Gasteiger partial charge in [-0.1, -0.05) is 84.9 Å². The van der Waals surface area contributed by atoms with Gasteiger partial charge < -0.3 is 11.5 Å². The topological polar surface area (TPSA) is 52.0 Å². The van der Waals surface area contributed by atoms with Crippen LogP contribution in [0.25, 0.3) is 21.5 Å². The van der Waals surface area contributed by atoms with E-state index in [0.29, 0.717) is 0 Å². The van der Waals surface area contributed by atoms with Crippen molar-refractivity contribution in [1.29, 1.82) is 0 Å². The van der Waals surface area contributed by atoms with Crippen LogP contribution in [0, 0.1) is 0 Å².